The van der Waals surface area contributed by atoms with E-state index < -0.39 is 0 Å². The van der Waals surface area contributed by atoms with E-state index in [-0.39, 0.29) is 11.9 Å². The molecule has 0 radical (unpaired) electrons. The van der Waals surface area contributed by atoms with Gasteiger partial charge >= 0.3 is 0 Å². The highest BCUT2D eigenvalue weighted by molar-refractivity contribution is 9.10. The Labute approximate surface area is 223 Å². The maximum absolute atomic E-state index is 13.4. The molecule has 3 aromatic carbocycles. The molecule has 35 heavy (non-hydrogen) atoms. The molecule has 0 unspecified atom stereocenters. The molecule has 8 heteroatoms. The largest absolute Gasteiger partial charge is 0.375 e. The number of benzene rings is 3. The SMILES string of the molecule is CC[C@H](COCc1ccccc1)NC(=O)c1cnn(-c2ccc(Cl)cc2Cl)c1-c1cccc(Br)c1. The Bertz CT molecular complexity index is 1310. The van der Waals surface area contributed by atoms with Gasteiger partial charge in [0.05, 0.1) is 47.4 Å². The third-order valence-electron chi connectivity index (χ3n) is 5.51. The molecule has 1 amide bonds. The molecule has 0 bridgehead atoms. The van der Waals surface area contributed by atoms with E-state index in [0.717, 1.165) is 22.0 Å². The van der Waals surface area contributed by atoms with Gasteiger partial charge in [0.1, 0.15) is 0 Å². The van der Waals surface area contributed by atoms with Crippen LogP contribution in [-0.4, -0.2) is 28.3 Å². The number of rotatable bonds is 9. The lowest BCUT2D eigenvalue weighted by Crippen LogP contribution is -2.37. The van der Waals surface area contributed by atoms with E-state index in [4.69, 9.17) is 27.9 Å². The average molecular weight is 573 g/mol. The van der Waals surface area contributed by atoms with Gasteiger partial charge in [0.15, 0.2) is 0 Å². The fourth-order valence-corrected chi connectivity index (χ4v) is 4.57. The van der Waals surface area contributed by atoms with Crippen molar-refractivity contribution in [1.29, 1.82) is 0 Å². The molecule has 1 heterocycles. The van der Waals surface area contributed by atoms with Crippen LogP contribution in [0.5, 0.6) is 0 Å². The van der Waals surface area contributed by atoms with Crippen molar-refractivity contribution in [2.24, 2.45) is 0 Å². The summed E-state index contributed by atoms with van der Waals surface area (Å²) in [5.41, 5.74) is 3.61. The van der Waals surface area contributed by atoms with Crippen LogP contribution in [0.25, 0.3) is 16.9 Å². The molecular weight excluding hydrogens is 549 g/mol. The molecule has 1 atom stereocenters. The van der Waals surface area contributed by atoms with Gasteiger partial charge in [-0.05, 0) is 42.3 Å². The molecule has 0 aliphatic rings. The molecule has 0 spiro atoms. The molecule has 4 aromatic rings. The van der Waals surface area contributed by atoms with Gasteiger partial charge in [-0.15, -0.1) is 0 Å². The Morgan fingerprint density at radius 1 is 1.09 bits per heavy atom. The summed E-state index contributed by atoms with van der Waals surface area (Å²) in [4.78, 5) is 13.4. The molecule has 1 N–H and O–H groups in total. The van der Waals surface area contributed by atoms with Crippen molar-refractivity contribution < 1.29 is 9.53 Å². The predicted octanol–water partition coefficient (Wildman–Crippen LogP) is 7.33. The van der Waals surface area contributed by atoms with Crippen LogP contribution >= 0.6 is 39.1 Å². The molecule has 0 saturated heterocycles. The minimum absolute atomic E-state index is 0.149. The quantitative estimate of drug-likeness (QED) is 0.228. The zero-order valence-electron chi connectivity index (χ0n) is 19.0. The molecule has 180 valence electrons. The van der Waals surface area contributed by atoms with Crippen LogP contribution in [0.1, 0.15) is 29.3 Å². The lowest BCUT2D eigenvalue weighted by molar-refractivity contribution is 0.0792. The number of carbonyl (C=O) groups excluding carboxylic acids is 1. The van der Waals surface area contributed by atoms with Gasteiger partial charge in [-0.1, -0.05) is 88.5 Å². The first-order chi connectivity index (χ1) is 17.0. The van der Waals surface area contributed by atoms with E-state index in [0.29, 0.717) is 40.2 Å². The minimum Gasteiger partial charge on any atom is -0.375 e. The first-order valence-electron chi connectivity index (χ1n) is 11.2. The van der Waals surface area contributed by atoms with Crippen LogP contribution in [0.4, 0.5) is 0 Å². The van der Waals surface area contributed by atoms with Gasteiger partial charge in [0, 0.05) is 15.1 Å². The molecular formula is C27H24BrCl2N3O2. The highest BCUT2D eigenvalue weighted by Gasteiger charge is 2.23. The first-order valence-corrected chi connectivity index (χ1v) is 12.7. The van der Waals surface area contributed by atoms with Crippen molar-refractivity contribution in [2.75, 3.05) is 6.61 Å². The lowest BCUT2D eigenvalue weighted by atomic mass is 10.1. The summed E-state index contributed by atoms with van der Waals surface area (Å²) in [6.07, 6.45) is 2.29. The van der Waals surface area contributed by atoms with E-state index in [1.807, 2.05) is 61.5 Å². The number of amides is 1. The Kier molecular flexibility index (Phi) is 8.63. The van der Waals surface area contributed by atoms with Crippen LogP contribution in [0, 0.1) is 0 Å². The average Bonchev–Trinajstić information content (AvgIpc) is 3.29. The third-order valence-corrected chi connectivity index (χ3v) is 6.54. The van der Waals surface area contributed by atoms with E-state index in [1.54, 1.807) is 29.1 Å². The second-order valence-corrected chi connectivity index (χ2v) is 9.76. The number of halogens is 3. The van der Waals surface area contributed by atoms with Gasteiger partial charge < -0.3 is 10.1 Å². The molecule has 0 fully saturated rings. The van der Waals surface area contributed by atoms with Crippen LogP contribution in [0.3, 0.4) is 0 Å². The highest BCUT2D eigenvalue weighted by Crippen LogP contribution is 2.32. The van der Waals surface area contributed by atoms with Crippen LogP contribution in [0.2, 0.25) is 10.0 Å². The summed E-state index contributed by atoms with van der Waals surface area (Å²) in [6.45, 7) is 2.91. The third kappa shape index (κ3) is 6.33. The summed E-state index contributed by atoms with van der Waals surface area (Å²) < 4.78 is 8.42. The van der Waals surface area contributed by atoms with Gasteiger partial charge in [0.25, 0.3) is 5.91 Å². The van der Waals surface area contributed by atoms with Gasteiger partial charge in [0.2, 0.25) is 0 Å². The smallest absolute Gasteiger partial charge is 0.255 e. The number of hydrogen-bond acceptors (Lipinski definition) is 3. The number of hydrogen-bond donors (Lipinski definition) is 1. The Morgan fingerprint density at radius 3 is 2.60 bits per heavy atom. The first kappa shape index (κ1) is 25.5. The van der Waals surface area contributed by atoms with E-state index >= 15 is 0 Å². The second-order valence-electron chi connectivity index (χ2n) is 8.00. The number of aromatic nitrogens is 2. The van der Waals surface area contributed by atoms with E-state index in [9.17, 15) is 4.79 Å². The van der Waals surface area contributed by atoms with E-state index in [2.05, 4.69) is 26.3 Å². The van der Waals surface area contributed by atoms with Crippen molar-refractivity contribution in [2.45, 2.75) is 26.0 Å². The number of nitrogens with one attached hydrogen (secondary N) is 1. The standard InChI is InChI=1S/C27H24BrCl2N3O2/c1-2-22(17-35-16-18-7-4-3-5-8-18)32-27(34)23-15-31-33(25-12-11-21(29)14-24(25)30)26(23)19-9-6-10-20(28)13-19/h3-15,22H,2,16-17H2,1H3,(H,32,34)/t22-/m1/s1. The fourth-order valence-electron chi connectivity index (χ4n) is 3.68. The summed E-state index contributed by atoms with van der Waals surface area (Å²) in [5.74, 6) is -0.230. The van der Waals surface area contributed by atoms with Gasteiger partial charge in [-0.25, -0.2) is 4.68 Å². The summed E-state index contributed by atoms with van der Waals surface area (Å²) >= 11 is 16.1. The topological polar surface area (TPSA) is 56.1 Å². The van der Waals surface area contributed by atoms with Crippen molar-refractivity contribution in [3.8, 4) is 16.9 Å². The van der Waals surface area contributed by atoms with Crippen molar-refractivity contribution >= 4 is 45.0 Å². The molecule has 4 rings (SSSR count). The predicted molar refractivity (Wildman–Crippen MR) is 144 cm³/mol. The van der Waals surface area contributed by atoms with E-state index in [1.165, 1.54) is 0 Å². The van der Waals surface area contributed by atoms with Crippen LogP contribution < -0.4 is 5.32 Å². The molecule has 0 aliphatic heterocycles. The Hall–Kier alpha value is -2.64. The number of ether oxygens (including phenoxy) is 1. The maximum atomic E-state index is 13.4. The molecule has 5 nitrogen and oxygen atoms in total. The fraction of sp³-hybridized carbons (Fsp3) is 0.185. The minimum atomic E-state index is -0.230. The monoisotopic (exact) mass is 571 g/mol. The lowest BCUT2D eigenvalue weighted by Gasteiger charge is -2.18. The summed E-state index contributed by atoms with van der Waals surface area (Å²) in [6, 6.07) is 22.7. The molecule has 0 saturated carbocycles. The summed E-state index contributed by atoms with van der Waals surface area (Å²) in [7, 11) is 0. The Morgan fingerprint density at radius 2 is 1.89 bits per heavy atom. The van der Waals surface area contributed by atoms with Crippen molar-refractivity contribution in [3.63, 3.8) is 0 Å². The molecule has 1 aromatic heterocycles. The van der Waals surface area contributed by atoms with Crippen LogP contribution in [-0.2, 0) is 11.3 Å². The zero-order chi connectivity index (χ0) is 24.8. The van der Waals surface area contributed by atoms with Gasteiger partial charge in [-0.2, -0.15) is 5.10 Å². The summed E-state index contributed by atoms with van der Waals surface area (Å²) in [5, 5.41) is 8.58. The maximum Gasteiger partial charge on any atom is 0.255 e. The second kappa shape index (κ2) is 11.9. The highest BCUT2D eigenvalue weighted by atomic mass is 79.9. The Balaban J connectivity index is 1.60. The normalized spacial score (nSPS) is 11.9. The van der Waals surface area contributed by atoms with Crippen molar-refractivity contribution in [3.05, 3.63) is 105 Å². The number of nitrogens with zero attached hydrogens (tertiary/aromatic N) is 2. The number of carbonyl (C=O) groups is 1. The van der Waals surface area contributed by atoms with Gasteiger partial charge in [-0.3, -0.25) is 4.79 Å². The molecule has 0 aliphatic carbocycles. The van der Waals surface area contributed by atoms with Crippen LogP contribution in [0.15, 0.2) is 83.5 Å². The zero-order valence-corrected chi connectivity index (χ0v) is 22.1. The van der Waals surface area contributed by atoms with Crippen molar-refractivity contribution in [1.82, 2.24) is 15.1 Å².